The predicted octanol–water partition coefficient (Wildman–Crippen LogP) is 4.22. The minimum absolute atomic E-state index is 0.247. The highest BCUT2D eigenvalue weighted by Crippen LogP contribution is 2.24. The highest BCUT2D eigenvalue weighted by Gasteiger charge is 2.13. The van der Waals surface area contributed by atoms with Crippen LogP contribution in [0, 0.1) is 5.82 Å². The number of anilines is 1. The molecule has 5 nitrogen and oxygen atoms in total. The standard InChI is InChI=1S/C21H18FNO4S/c1-27-21(24)17-8-6-15(7-9-17)14-28(25,26)23-18-12-10-16(11-13-18)19-4-2-3-5-20(19)22/h2-13,23H,14H2,1H3. The van der Waals surface area contributed by atoms with Gasteiger partial charge in [0.05, 0.1) is 18.4 Å². The number of esters is 1. The van der Waals surface area contributed by atoms with Gasteiger partial charge in [0.2, 0.25) is 10.0 Å². The Morgan fingerprint density at radius 3 is 2.21 bits per heavy atom. The number of halogens is 1. The van der Waals surface area contributed by atoms with Gasteiger partial charge < -0.3 is 4.74 Å². The van der Waals surface area contributed by atoms with E-state index in [0.717, 1.165) is 0 Å². The Labute approximate surface area is 162 Å². The van der Waals surface area contributed by atoms with Crippen molar-refractivity contribution in [3.05, 3.63) is 89.7 Å². The van der Waals surface area contributed by atoms with E-state index in [0.29, 0.717) is 27.9 Å². The van der Waals surface area contributed by atoms with Crippen molar-refractivity contribution < 1.29 is 22.3 Å². The van der Waals surface area contributed by atoms with E-state index in [2.05, 4.69) is 9.46 Å². The number of rotatable bonds is 6. The van der Waals surface area contributed by atoms with Crippen LogP contribution in [0.5, 0.6) is 0 Å². The van der Waals surface area contributed by atoms with Crippen molar-refractivity contribution in [2.45, 2.75) is 5.75 Å². The molecule has 0 spiro atoms. The summed E-state index contributed by atoms with van der Waals surface area (Å²) in [6.45, 7) is 0. The predicted molar refractivity (Wildman–Crippen MR) is 106 cm³/mol. The number of benzene rings is 3. The van der Waals surface area contributed by atoms with E-state index in [1.165, 1.54) is 25.3 Å². The number of ether oxygens (including phenoxy) is 1. The monoisotopic (exact) mass is 399 g/mol. The second-order valence-electron chi connectivity index (χ2n) is 6.11. The van der Waals surface area contributed by atoms with Crippen LogP contribution in [0.15, 0.2) is 72.8 Å². The van der Waals surface area contributed by atoms with Crippen molar-refractivity contribution in [2.24, 2.45) is 0 Å². The first-order valence-corrected chi connectivity index (χ1v) is 10.1. The molecule has 0 aliphatic heterocycles. The Bertz CT molecular complexity index is 1080. The maximum atomic E-state index is 13.8. The van der Waals surface area contributed by atoms with E-state index in [1.54, 1.807) is 54.6 Å². The number of nitrogens with one attached hydrogen (secondary N) is 1. The number of hydrogen-bond donors (Lipinski definition) is 1. The van der Waals surface area contributed by atoms with Gasteiger partial charge in [-0.25, -0.2) is 17.6 Å². The summed E-state index contributed by atoms with van der Waals surface area (Å²) in [5, 5.41) is 0. The average Bonchev–Trinajstić information content (AvgIpc) is 2.68. The molecule has 0 aromatic heterocycles. The van der Waals surface area contributed by atoms with Crippen molar-refractivity contribution in [3.8, 4) is 11.1 Å². The van der Waals surface area contributed by atoms with E-state index < -0.39 is 16.0 Å². The van der Waals surface area contributed by atoms with Crippen LogP contribution in [-0.4, -0.2) is 21.5 Å². The van der Waals surface area contributed by atoms with Gasteiger partial charge in [0.1, 0.15) is 5.82 Å². The van der Waals surface area contributed by atoms with E-state index in [-0.39, 0.29) is 11.6 Å². The number of carbonyl (C=O) groups is 1. The maximum absolute atomic E-state index is 13.8. The van der Waals surface area contributed by atoms with Gasteiger partial charge in [-0.05, 0) is 41.5 Å². The van der Waals surface area contributed by atoms with Gasteiger partial charge in [0.15, 0.2) is 0 Å². The summed E-state index contributed by atoms with van der Waals surface area (Å²) in [4.78, 5) is 11.4. The molecule has 28 heavy (non-hydrogen) atoms. The van der Waals surface area contributed by atoms with Crippen LogP contribution >= 0.6 is 0 Å². The third kappa shape index (κ3) is 4.75. The van der Waals surface area contributed by atoms with Gasteiger partial charge >= 0.3 is 5.97 Å². The minimum atomic E-state index is -3.65. The molecule has 0 bridgehead atoms. The number of methoxy groups -OCH3 is 1. The van der Waals surface area contributed by atoms with Crippen LogP contribution in [0.3, 0.4) is 0 Å². The highest BCUT2D eigenvalue weighted by atomic mass is 32.2. The molecule has 3 aromatic rings. The zero-order valence-corrected chi connectivity index (χ0v) is 15.9. The molecule has 7 heteroatoms. The van der Waals surface area contributed by atoms with Crippen LogP contribution in [0.1, 0.15) is 15.9 Å². The summed E-state index contributed by atoms with van der Waals surface area (Å²) in [5.74, 6) is -1.07. The molecular weight excluding hydrogens is 381 g/mol. The summed E-state index contributed by atoms with van der Waals surface area (Å²) in [7, 11) is -2.37. The van der Waals surface area contributed by atoms with Gasteiger partial charge in [-0.15, -0.1) is 0 Å². The Morgan fingerprint density at radius 1 is 0.964 bits per heavy atom. The van der Waals surface area contributed by atoms with Crippen LogP contribution in [-0.2, 0) is 20.5 Å². The Balaban J connectivity index is 1.70. The number of carbonyl (C=O) groups excluding carboxylic acids is 1. The third-order valence-corrected chi connectivity index (χ3v) is 5.33. The van der Waals surface area contributed by atoms with Crippen LogP contribution < -0.4 is 4.72 Å². The molecule has 0 atom stereocenters. The molecular formula is C21H18FNO4S. The lowest BCUT2D eigenvalue weighted by atomic mass is 10.1. The van der Waals surface area contributed by atoms with Gasteiger partial charge in [-0.1, -0.05) is 42.5 Å². The third-order valence-electron chi connectivity index (χ3n) is 4.07. The lowest BCUT2D eigenvalue weighted by Crippen LogP contribution is -2.15. The number of hydrogen-bond acceptors (Lipinski definition) is 4. The van der Waals surface area contributed by atoms with Crippen molar-refractivity contribution in [2.75, 3.05) is 11.8 Å². The van der Waals surface area contributed by atoms with Crippen molar-refractivity contribution in [1.29, 1.82) is 0 Å². The summed E-state index contributed by atoms with van der Waals surface area (Å²) < 4.78 is 45.7. The molecule has 0 heterocycles. The average molecular weight is 399 g/mol. The van der Waals surface area contributed by atoms with E-state index >= 15 is 0 Å². The largest absolute Gasteiger partial charge is 0.465 e. The molecule has 1 N–H and O–H groups in total. The quantitative estimate of drug-likeness (QED) is 0.630. The van der Waals surface area contributed by atoms with Gasteiger partial charge in [0.25, 0.3) is 0 Å². The van der Waals surface area contributed by atoms with Gasteiger partial charge in [-0.3, -0.25) is 4.72 Å². The molecule has 0 aliphatic rings. The molecule has 144 valence electrons. The molecule has 0 saturated carbocycles. The van der Waals surface area contributed by atoms with E-state index in [1.807, 2.05) is 0 Å². The Morgan fingerprint density at radius 2 is 1.61 bits per heavy atom. The fourth-order valence-corrected chi connectivity index (χ4v) is 3.90. The molecule has 0 radical (unpaired) electrons. The summed E-state index contributed by atoms with van der Waals surface area (Å²) in [5.41, 5.74) is 2.36. The van der Waals surface area contributed by atoms with E-state index in [9.17, 15) is 17.6 Å². The molecule has 3 rings (SSSR count). The molecule has 0 unspecified atom stereocenters. The minimum Gasteiger partial charge on any atom is -0.465 e. The highest BCUT2D eigenvalue weighted by molar-refractivity contribution is 7.91. The van der Waals surface area contributed by atoms with Crippen molar-refractivity contribution >= 4 is 21.7 Å². The molecule has 0 saturated heterocycles. The van der Waals surface area contributed by atoms with Gasteiger partial charge in [-0.2, -0.15) is 0 Å². The van der Waals surface area contributed by atoms with Gasteiger partial charge in [0, 0.05) is 11.3 Å². The molecule has 0 amide bonds. The zero-order chi connectivity index (χ0) is 20.1. The first-order valence-electron chi connectivity index (χ1n) is 8.41. The van der Waals surface area contributed by atoms with E-state index in [4.69, 9.17) is 0 Å². The topological polar surface area (TPSA) is 72.5 Å². The summed E-state index contributed by atoms with van der Waals surface area (Å²) in [6.07, 6.45) is 0. The fourth-order valence-electron chi connectivity index (χ4n) is 2.70. The SMILES string of the molecule is COC(=O)c1ccc(CS(=O)(=O)Nc2ccc(-c3ccccc3F)cc2)cc1. The normalized spacial score (nSPS) is 11.1. The molecule has 0 fully saturated rings. The Kier molecular flexibility index (Phi) is 5.75. The lowest BCUT2D eigenvalue weighted by molar-refractivity contribution is 0.0600. The smallest absolute Gasteiger partial charge is 0.337 e. The zero-order valence-electron chi connectivity index (χ0n) is 15.1. The van der Waals surface area contributed by atoms with Crippen LogP contribution in [0.25, 0.3) is 11.1 Å². The second-order valence-corrected chi connectivity index (χ2v) is 7.83. The van der Waals surface area contributed by atoms with Crippen LogP contribution in [0.4, 0.5) is 10.1 Å². The summed E-state index contributed by atoms with van der Waals surface area (Å²) >= 11 is 0. The first-order chi connectivity index (χ1) is 13.4. The first kappa shape index (κ1) is 19.6. The Hall–Kier alpha value is -3.19. The molecule has 3 aromatic carbocycles. The fraction of sp³-hybridized carbons (Fsp3) is 0.0952. The lowest BCUT2D eigenvalue weighted by Gasteiger charge is -2.10. The second kappa shape index (κ2) is 8.22. The maximum Gasteiger partial charge on any atom is 0.337 e. The van der Waals surface area contributed by atoms with Crippen molar-refractivity contribution in [1.82, 2.24) is 0 Å². The van der Waals surface area contributed by atoms with Crippen molar-refractivity contribution in [3.63, 3.8) is 0 Å². The number of sulfonamides is 1. The summed E-state index contributed by atoms with van der Waals surface area (Å²) in [6, 6.07) is 19.0. The molecule has 0 aliphatic carbocycles. The van der Waals surface area contributed by atoms with Crippen LogP contribution in [0.2, 0.25) is 0 Å².